The average molecular weight is 241 g/mol. The standard InChI is InChI=1S/C10H15N3O2S/c1-3-8-12-7(11)6-9(13-8)16-5-4-10(14)15-2/h6H,3-5H2,1-2H3,(H2,11,12,13). The summed E-state index contributed by atoms with van der Waals surface area (Å²) in [7, 11) is 1.38. The van der Waals surface area contributed by atoms with Crippen molar-refractivity contribution in [3.05, 3.63) is 11.9 Å². The number of thioether (sulfide) groups is 1. The van der Waals surface area contributed by atoms with Gasteiger partial charge in [-0.25, -0.2) is 9.97 Å². The molecule has 0 aromatic carbocycles. The molecule has 0 saturated heterocycles. The number of aromatic nitrogens is 2. The predicted molar refractivity (Wildman–Crippen MR) is 63.2 cm³/mol. The van der Waals surface area contributed by atoms with Crippen LogP contribution in [0.1, 0.15) is 19.2 Å². The van der Waals surface area contributed by atoms with E-state index in [4.69, 9.17) is 5.73 Å². The number of aryl methyl sites for hydroxylation is 1. The number of carbonyl (C=O) groups excluding carboxylic acids is 1. The third kappa shape index (κ3) is 4.06. The Morgan fingerprint density at radius 3 is 2.94 bits per heavy atom. The zero-order chi connectivity index (χ0) is 12.0. The second-order valence-corrected chi connectivity index (χ2v) is 4.19. The van der Waals surface area contributed by atoms with Crippen LogP contribution >= 0.6 is 11.8 Å². The second kappa shape index (κ2) is 6.32. The Kier molecular flexibility index (Phi) is 5.04. The van der Waals surface area contributed by atoms with Crippen LogP contribution in [0.25, 0.3) is 0 Å². The van der Waals surface area contributed by atoms with E-state index in [0.717, 1.165) is 17.3 Å². The zero-order valence-corrected chi connectivity index (χ0v) is 10.2. The maximum Gasteiger partial charge on any atom is 0.306 e. The Hall–Kier alpha value is -1.30. The number of nitrogens with zero attached hydrogens (tertiary/aromatic N) is 2. The number of ether oxygens (including phenoxy) is 1. The van der Waals surface area contributed by atoms with E-state index in [9.17, 15) is 4.79 Å². The molecule has 6 heteroatoms. The Morgan fingerprint density at radius 2 is 2.31 bits per heavy atom. The van der Waals surface area contributed by atoms with Crippen molar-refractivity contribution in [3.63, 3.8) is 0 Å². The minimum Gasteiger partial charge on any atom is -0.469 e. The molecular weight excluding hydrogens is 226 g/mol. The summed E-state index contributed by atoms with van der Waals surface area (Å²) in [6, 6.07) is 1.71. The predicted octanol–water partition coefficient (Wildman–Crippen LogP) is 1.28. The van der Waals surface area contributed by atoms with Crippen LogP contribution in [-0.4, -0.2) is 28.8 Å². The van der Waals surface area contributed by atoms with E-state index < -0.39 is 0 Å². The molecule has 0 aliphatic carbocycles. The molecule has 0 aliphatic rings. The third-order valence-corrected chi connectivity index (χ3v) is 2.78. The molecule has 88 valence electrons. The van der Waals surface area contributed by atoms with E-state index in [1.54, 1.807) is 6.07 Å². The van der Waals surface area contributed by atoms with E-state index in [-0.39, 0.29) is 5.97 Å². The quantitative estimate of drug-likeness (QED) is 0.475. The lowest BCUT2D eigenvalue weighted by atomic mass is 10.4. The third-order valence-electron chi connectivity index (χ3n) is 1.87. The summed E-state index contributed by atoms with van der Waals surface area (Å²) >= 11 is 1.48. The van der Waals surface area contributed by atoms with E-state index in [0.29, 0.717) is 18.0 Å². The topological polar surface area (TPSA) is 78.1 Å². The fourth-order valence-corrected chi connectivity index (χ4v) is 1.92. The minimum absolute atomic E-state index is 0.217. The Bertz CT molecular complexity index is 371. The van der Waals surface area contributed by atoms with Crippen LogP contribution in [0.4, 0.5) is 5.82 Å². The normalized spacial score (nSPS) is 10.1. The van der Waals surface area contributed by atoms with Crippen molar-refractivity contribution < 1.29 is 9.53 Å². The van der Waals surface area contributed by atoms with Crippen molar-refractivity contribution in [2.75, 3.05) is 18.6 Å². The van der Waals surface area contributed by atoms with Crippen molar-refractivity contribution in [3.8, 4) is 0 Å². The molecule has 1 heterocycles. The number of anilines is 1. The maximum absolute atomic E-state index is 10.9. The monoisotopic (exact) mass is 241 g/mol. The number of rotatable bonds is 5. The summed E-state index contributed by atoms with van der Waals surface area (Å²) in [5.74, 6) is 1.60. The van der Waals surface area contributed by atoms with Crippen LogP contribution < -0.4 is 5.73 Å². The molecule has 0 saturated carbocycles. The largest absolute Gasteiger partial charge is 0.469 e. The molecule has 16 heavy (non-hydrogen) atoms. The molecule has 0 spiro atoms. The molecule has 5 nitrogen and oxygen atoms in total. The number of nitrogen functional groups attached to an aromatic ring is 1. The minimum atomic E-state index is -0.217. The Morgan fingerprint density at radius 1 is 1.56 bits per heavy atom. The van der Waals surface area contributed by atoms with Crippen LogP contribution in [-0.2, 0) is 16.0 Å². The van der Waals surface area contributed by atoms with Gasteiger partial charge >= 0.3 is 5.97 Å². The van der Waals surface area contributed by atoms with Crippen molar-refractivity contribution in [1.29, 1.82) is 0 Å². The zero-order valence-electron chi connectivity index (χ0n) is 9.40. The first-order valence-corrected chi connectivity index (χ1v) is 5.97. The fraction of sp³-hybridized carbons (Fsp3) is 0.500. The first-order chi connectivity index (χ1) is 7.65. The van der Waals surface area contributed by atoms with Gasteiger partial charge in [0.25, 0.3) is 0 Å². The number of carbonyl (C=O) groups is 1. The lowest BCUT2D eigenvalue weighted by molar-refractivity contribution is -0.140. The molecule has 0 atom stereocenters. The summed E-state index contributed by atoms with van der Waals surface area (Å²) in [5.41, 5.74) is 5.64. The molecule has 0 amide bonds. The van der Waals surface area contributed by atoms with Gasteiger partial charge < -0.3 is 10.5 Å². The fourth-order valence-electron chi connectivity index (χ4n) is 1.07. The van der Waals surface area contributed by atoms with E-state index >= 15 is 0 Å². The van der Waals surface area contributed by atoms with Gasteiger partial charge in [0.2, 0.25) is 0 Å². The molecule has 0 bridgehead atoms. The maximum atomic E-state index is 10.9. The van der Waals surface area contributed by atoms with Crippen molar-refractivity contribution in [2.24, 2.45) is 0 Å². The number of hydrogen-bond donors (Lipinski definition) is 1. The smallest absolute Gasteiger partial charge is 0.306 e. The summed E-state index contributed by atoms with van der Waals surface area (Å²) < 4.78 is 4.55. The van der Waals surface area contributed by atoms with Gasteiger partial charge in [-0.2, -0.15) is 0 Å². The highest BCUT2D eigenvalue weighted by atomic mass is 32.2. The molecule has 0 fully saturated rings. The average Bonchev–Trinajstić information content (AvgIpc) is 2.28. The number of hydrogen-bond acceptors (Lipinski definition) is 6. The Labute approximate surface area is 98.8 Å². The molecule has 1 aromatic heterocycles. The van der Waals surface area contributed by atoms with Crippen molar-refractivity contribution >= 4 is 23.5 Å². The molecule has 2 N–H and O–H groups in total. The van der Waals surface area contributed by atoms with Crippen LogP contribution in [0.5, 0.6) is 0 Å². The highest BCUT2D eigenvalue weighted by Gasteiger charge is 2.04. The van der Waals surface area contributed by atoms with Crippen molar-refractivity contribution in [1.82, 2.24) is 9.97 Å². The summed E-state index contributed by atoms with van der Waals surface area (Å²) in [4.78, 5) is 19.3. The lowest BCUT2D eigenvalue weighted by Crippen LogP contribution is -2.02. The molecule has 1 rings (SSSR count). The summed E-state index contributed by atoms with van der Waals surface area (Å²) in [6.07, 6.45) is 1.11. The van der Waals surface area contributed by atoms with Gasteiger partial charge in [0.1, 0.15) is 16.7 Å². The van der Waals surface area contributed by atoms with Crippen LogP contribution in [0.15, 0.2) is 11.1 Å². The summed E-state index contributed by atoms with van der Waals surface area (Å²) in [5, 5.41) is 0.799. The van der Waals surface area contributed by atoms with Gasteiger partial charge in [0.15, 0.2) is 0 Å². The van der Waals surface area contributed by atoms with Gasteiger partial charge in [-0.1, -0.05) is 6.92 Å². The number of nitrogens with two attached hydrogens (primary N) is 1. The van der Waals surface area contributed by atoms with Crippen LogP contribution in [0.2, 0.25) is 0 Å². The molecule has 0 aliphatic heterocycles. The number of methoxy groups -OCH3 is 1. The first-order valence-electron chi connectivity index (χ1n) is 4.98. The lowest BCUT2D eigenvalue weighted by Gasteiger charge is -2.03. The van der Waals surface area contributed by atoms with Crippen molar-refractivity contribution in [2.45, 2.75) is 24.8 Å². The van der Waals surface area contributed by atoms with E-state index in [2.05, 4.69) is 14.7 Å². The summed E-state index contributed by atoms with van der Waals surface area (Å²) in [6.45, 7) is 1.97. The Balaban J connectivity index is 2.53. The highest BCUT2D eigenvalue weighted by Crippen LogP contribution is 2.18. The SMILES string of the molecule is CCc1nc(N)cc(SCCC(=O)OC)n1. The molecule has 0 radical (unpaired) electrons. The van der Waals surface area contributed by atoms with Crippen LogP contribution in [0.3, 0.4) is 0 Å². The molecule has 1 aromatic rings. The van der Waals surface area contributed by atoms with E-state index in [1.165, 1.54) is 18.9 Å². The second-order valence-electron chi connectivity index (χ2n) is 3.08. The van der Waals surface area contributed by atoms with Crippen LogP contribution in [0, 0.1) is 0 Å². The van der Waals surface area contributed by atoms with Gasteiger partial charge in [-0.05, 0) is 0 Å². The van der Waals surface area contributed by atoms with Gasteiger partial charge in [-0.3, -0.25) is 4.79 Å². The van der Waals surface area contributed by atoms with Gasteiger partial charge in [-0.15, -0.1) is 11.8 Å². The first kappa shape index (κ1) is 12.8. The van der Waals surface area contributed by atoms with E-state index in [1.807, 2.05) is 6.92 Å². The molecule has 0 unspecified atom stereocenters. The molecular formula is C10H15N3O2S. The highest BCUT2D eigenvalue weighted by molar-refractivity contribution is 7.99. The van der Waals surface area contributed by atoms with Gasteiger partial charge in [0.05, 0.1) is 13.5 Å². The van der Waals surface area contributed by atoms with Gasteiger partial charge in [0, 0.05) is 18.2 Å². The number of esters is 1.